The summed E-state index contributed by atoms with van der Waals surface area (Å²) in [6, 6.07) is 17.2. The Bertz CT molecular complexity index is 844. The van der Waals surface area contributed by atoms with Crippen molar-refractivity contribution in [3.8, 4) is 11.1 Å². The summed E-state index contributed by atoms with van der Waals surface area (Å²) in [5.41, 5.74) is 10.1. The molecule has 5 nitrogen and oxygen atoms in total. The summed E-state index contributed by atoms with van der Waals surface area (Å²) in [5.74, 6) is 0. The normalized spacial score (nSPS) is 18.0. The maximum Gasteiger partial charge on any atom is 0.410 e. The lowest BCUT2D eigenvalue weighted by molar-refractivity contribution is 0.000564. The number of amides is 1. The van der Waals surface area contributed by atoms with Crippen LogP contribution in [0.4, 0.5) is 4.79 Å². The van der Waals surface area contributed by atoms with E-state index < -0.39 is 5.60 Å². The van der Waals surface area contributed by atoms with Crippen molar-refractivity contribution in [1.29, 1.82) is 0 Å². The summed E-state index contributed by atoms with van der Waals surface area (Å²) in [6.07, 6.45) is -0.216. The van der Waals surface area contributed by atoms with Gasteiger partial charge in [0.05, 0.1) is 0 Å². The minimum atomic E-state index is -0.463. The average Bonchev–Trinajstić information content (AvgIpc) is 2.67. The van der Waals surface area contributed by atoms with E-state index in [1.165, 1.54) is 16.7 Å². The van der Waals surface area contributed by atoms with Crippen LogP contribution in [0.25, 0.3) is 11.1 Å². The SMILES string of the molecule is C[C@H]1CN(Cc2cccc(-c3cccc(CN)c3)c2)CCN1C(=O)OC(C)(C)C. The Kier molecular flexibility index (Phi) is 6.60. The van der Waals surface area contributed by atoms with Crippen LogP contribution in [-0.2, 0) is 17.8 Å². The van der Waals surface area contributed by atoms with Gasteiger partial charge in [-0.3, -0.25) is 4.90 Å². The monoisotopic (exact) mass is 395 g/mol. The number of benzene rings is 2. The Balaban J connectivity index is 1.64. The standard InChI is InChI=1S/C24H33N3O2/c1-18-16-26(11-12-27(18)23(28)29-24(2,3)4)17-20-8-6-10-22(14-20)21-9-5-7-19(13-21)15-25/h5-10,13-14,18H,11-12,15-17,25H2,1-4H3/t18-/m0/s1. The topological polar surface area (TPSA) is 58.8 Å². The zero-order chi connectivity index (χ0) is 21.0. The number of ether oxygens (including phenoxy) is 1. The van der Waals surface area contributed by atoms with Gasteiger partial charge in [-0.05, 0) is 62.1 Å². The summed E-state index contributed by atoms with van der Waals surface area (Å²) in [6.45, 7) is 11.6. The fourth-order valence-corrected chi connectivity index (χ4v) is 3.75. The predicted molar refractivity (Wildman–Crippen MR) is 117 cm³/mol. The van der Waals surface area contributed by atoms with Crippen LogP contribution in [-0.4, -0.2) is 47.2 Å². The molecule has 2 N–H and O–H groups in total. The van der Waals surface area contributed by atoms with Crippen molar-refractivity contribution >= 4 is 6.09 Å². The zero-order valence-electron chi connectivity index (χ0n) is 18.0. The summed E-state index contributed by atoms with van der Waals surface area (Å²) >= 11 is 0. The van der Waals surface area contributed by atoms with Gasteiger partial charge < -0.3 is 15.4 Å². The molecule has 1 atom stereocenters. The Morgan fingerprint density at radius 3 is 2.28 bits per heavy atom. The lowest BCUT2D eigenvalue weighted by atomic mass is 10.0. The molecule has 0 bridgehead atoms. The highest BCUT2D eigenvalue weighted by atomic mass is 16.6. The van der Waals surface area contributed by atoms with Crippen LogP contribution in [0.15, 0.2) is 48.5 Å². The minimum Gasteiger partial charge on any atom is -0.444 e. The molecule has 0 aliphatic carbocycles. The summed E-state index contributed by atoms with van der Waals surface area (Å²) in [7, 11) is 0. The molecule has 0 unspecified atom stereocenters. The Hall–Kier alpha value is -2.37. The smallest absolute Gasteiger partial charge is 0.410 e. The molecule has 5 heteroatoms. The van der Waals surface area contributed by atoms with Crippen LogP contribution in [0.3, 0.4) is 0 Å². The van der Waals surface area contributed by atoms with Gasteiger partial charge in [0.25, 0.3) is 0 Å². The van der Waals surface area contributed by atoms with E-state index in [0.717, 1.165) is 25.2 Å². The number of hydrogen-bond acceptors (Lipinski definition) is 4. The van der Waals surface area contributed by atoms with Gasteiger partial charge in [0.1, 0.15) is 5.60 Å². The number of nitrogens with two attached hydrogens (primary N) is 1. The maximum atomic E-state index is 12.4. The Morgan fingerprint density at radius 2 is 1.69 bits per heavy atom. The molecule has 1 saturated heterocycles. The van der Waals surface area contributed by atoms with E-state index in [-0.39, 0.29) is 12.1 Å². The van der Waals surface area contributed by atoms with E-state index in [2.05, 4.69) is 60.4 Å². The first-order valence-electron chi connectivity index (χ1n) is 10.4. The molecule has 1 aliphatic heterocycles. The third-order valence-electron chi connectivity index (χ3n) is 5.17. The molecule has 0 radical (unpaired) electrons. The maximum absolute atomic E-state index is 12.4. The van der Waals surface area contributed by atoms with E-state index in [9.17, 15) is 4.79 Å². The fraction of sp³-hybridized carbons (Fsp3) is 0.458. The fourth-order valence-electron chi connectivity index (χ4n) is 3.75. The van der Waals surface area contributed by atoms with E-state index in [1.807, 2.05) is 25.7 Å². The second-order valence-electron chi connectivity index (χ2n) is 8.86. The lowest BCUT2D eigenvalue weighted by Crippen LogP contribution is -2.54. The van der Waals surface area contributed by atoms with Crippen LogP contribution < -0.4 is 5.73 Å². The number of carbonyl (C=O) groups excluding carboxylic acids is 1. The molecule has 1 fully saturated rings. The van der Waals surface area contributed by atoms with Crippen molar-refractivity contribution in [3.05, 3.63) is 59.7 Å². The molecule has 3 rings (SSSR count). The molecule has 29 heavy (non-hydrogen) atoms. The first-order valence-corrected chi connectivity index (χ1v) is 10.4. The van der Waals surface area contributed by atoms with E-state index >= 15 is 0 Å². The van der Waals surface area contributed by atoms with Gasteiger partial charge in [0.15, 0.2) is 0 Å². The highest BCUT2D eigenvalue weighted by Crippen LogP contribution is 2.23. The highest BCUT2D eigenvalue weighted by molar-refractivity contribution is 5.68. The van der Waals surface area contributed by atoms with Crippen LogP contribution in [0.1, 0.15) is 38.8 Å². The Morgan fingerprint density at radius 1 is 1.07 bits per heavy atom. The Labute approximate surface area is 174 Å². The van der Waals surface area contributed by atoms with Crippen molar-refractivity contribution in [2.24, 2.45) is 5.73 Å². The zero-order valence-corrected chi connectivity index (χ0v) is 18.0. The molecule has 1 heterocycles. The van der Waals surface area contributed by atoms with Gasteiger partial charge in [-0.1, -0.05) is 36.4 Å². The van der Waals surface area contributed by atoms with Gasteiger partial charge >= 0.3 is 6.09 Å². The van der Waals surface area contributed by atoms with Crippen LogP contribution >= 0.6 is 0 Å². The van der Waals surface area contributed by atoms with E-state index in [0.29, 0.717) is 13.1 Å². The third kappa shape index (κ3) is 5.81. The second-order valence-corrected chi connectivity index (χ2v) is 8.86. The predicted octanol–water partition coefficient (Wildman–Crippen LogP) is 4.25. The van der Waals surface area contributed by atoms with Crippen LogP contribution in [0.5, 0.6) is 0 Å². The number of hydrogen-bond donors (Lipinski definition) is 1. The van der Waals surface area contributed by atoms with Gasteiger partial charge in [-0.2, -0.15) is 0 Å². The largest absolute Gasteiger partial charge is 0.444 e. The van der Waals surface area contributed by atoms with Crippen molar-refractivity contribution in [2.75, 3.05) is 19.6 Å². The number of rotatable bonds is 4. The van der Waals surface area contributed by atoms with Crippen molar-refractivity contribution in [2.45, 2.75) is 52.4 Å². The first kappa shape index (κ1) is 21.3. The molecular weight excluding hydrogens is 362 g/mol. The second kappa shape index (κ2) is 8.97. The van der Waals surface area contributed by atoms with E-state index in [4.69, 9.17) is 10.5 Å². The quantitative estimate of drug-likeness (QED) is 0.841. The molecule has 0 aromatic heterocycles. The molecule has 2 aromatic carbocycles. The van der Waals surface area contributed by atoms with Crippen LogP contribution in [0.2, 0.25) is 0 Å². The minimum absolute atomic E-state index is 0.128. The molecule has 0 spiro atoms. The number of nitrogens with zero attached hydrogens (tertiary/aromatic N) is 2. The molecule has 1 amide bonds. The molecule has 1 aliphatic rings. The lowest BCUT2D eigenvalue weighted by Gasteiger charge is -2.40. The third-order valence-corrected chi connectivity index (χ3v) is 5.17. The average molecular weight is 396 g/mol. The molecule has 156 valence electrons. The van der Waals surface area contributed by atoms with Crippen LogP contribution in [0, 0.1) is 0 Å². The highest BCUT2D eigenvalue weighted by Gasteiger charge is 2.30. The van der Waals surface area contributed by atoms with Gasteiger partial charge in [0.2, 0.25) is 0 Å². The van der Waals surface area contributed by atoms with Gasteiger partial charge in [-0.15, -0.1) is 0 Å². The van der Waals surface area contributed by atoms with E-state index in [1.54, 1.807) is 0 Å². The molecule has 2 aromatic rings. The molecule has 0 saturated carbocycles. The summed E-state index contributed by atoms with van der Waals surface area (Å²) in [5, 5.41) is 0. The summed E-state index contributed by atoms with van der Waals surface area (Å²) < 4.78 is 5.54. The number of piperazine rings is 1. The van der Waals surface area contributed by atoms with Gasteiger partial charge in [-0.25, -0.2) is 4.79 Å². The van der Waals surface area contributed by atoms with Crippen molar-refractivity contribution in [3.63, 3.8) is 0 Å². The number of carbonyl (C=O) groups is 1. The molecular formula is C24H33N3O2. The van der Waals surface area contributed by atoms with Gasteiger partial charge in [0, 0.05) is 38.8 Å². The summed E-state index contributed by atoms with van der Waals surface area (Å²) in [4.78, 5) is 16.7. The van der Waals surface area contributed by atoms with Crippen molar-refractivity contribution in [1.82, 2.24) is 9.80 Å². The van der Waals surface area contributed by atoms with Crippen molar-refractivity contribution < 1.29 is 9.53 Å². The first-order chi connectivity index (χ1) is 13.7.